The number of carboxylic acid groups (broad SMARTS) is 1. The molecule has 0 bridgehead atoms. The summed E-state index contributed by atoms with van der Waals surface area (Å²) in [6.07, 6.45) is 0. The quantitative estimate of drug-likeness (QED) is 0.371. The van der Waals surface area contributed by atoms with E-state index in [4.69, 9.17) is 15.9 Å². The third-order valence-electron chi connectivity index (χ3n) is 0.514. The van der Waals surface area contributed by atoms with E-state index in [1.54, 1.807) is 0 Å². The number of hydrogen-bond donors (Lipinski definition) is 3. The van der Waals surface area contributed by atoms with Gasteiger partial charge in [-0.1, -0.05) is 0 Å². The van der Waals surface area contributed by atoms with Crippen molar-refractivity contribution in [3.63, 3.8) is 0 Å². The summed E-state index contributed by atoms with van der Waals surface area (Å²) < 4.78 is 0. The van der Waals surface area contributed by atoms with Crippen LogP contribution in [-0.2, 0) is 4.79 Å². The Bertz CT molecular complexity index is 72.6. The fourth-order valence-corrected chi connectivity index (χ4v) is 0.0781. The number of hydrogen-bond acceptors (Lipinski definition) is 3. The summed E-state index contributed by atoms with van der Waals surface area (Å²) in [5.74, 6) is -1.18. The summed E-state index contributed by atoms with van der Waals surface area (Å²) in [4.78, 5) is 9.65. The molecule has 0 unspecified atom stereocenters. The van der Waals surface area contributed by atoms with Gasteiger partial charge < -0.3 is 15.9 Å². The molecule has 0 saturated heterocycles. The lowest BCUT2D eigenvalue weighted by Gasteiger charge is -1.96. The van der Waals surface area contributed by atoms with Gasteiger partial charge in [-0.3, -0.25) is 4.79 Å². The van der Waals surface area contributed by atoms with Crippen LogP contribution >= 0.6 is 0 Å². The highest BCUT2D eigenvalue weighted by molar-refractivity contribution is 5.73. The van der Waals surface area contributed by atoms with Crippen LogP contribution < -0.4 is 5.73 Å². The first-order valence-electron chi connectivity index (χ1n) is 1.77. The Kier molecular flexibility index (Phi) is 2.32. The minimum Gasteiger partial charge on any atom is -0.480 e. The molecule has 4 heteroatoms. The van der Waals surface area contributed by atoms with Crippen molar-refractivity contribution in [3.05, 3.63) is 0 Å². The monoisotopic (exact) mass is 107 g/mol. The van der Waals surface area contributed by atoms with Crippen LogP contribution in [0, 0.1) is 0 Å². The summed E-state index contributed by atoms with van der Waals surface area (Å²) >= 11 is 0. The van der Waals surface area contributed by atoms with Crippen molar-refractivity contribution < 1.29 is 15.0 Å². The second-order valence-electron chi connectivity index (χ2n) is 1.13. The molecule has 1 atom stereocenters. The van der Waals surface area contributed by atoms with Crippen LogP contribution in [-0.4, -0.2) is 28.8 Å². The lowest BCUT2D eigenvalue weighted by molar-refractivity contribution is -0.139. The van der Waals surface area contributed by atoms with Gasteiger partial charge in [0.25, 0.3) is 0 Å². The Morgan fingerprint density at radius 3 is 2.29 bits per heavy atom. The number of aliphatic carboxylic acids is 1. The zero-order valence-electron chi connectivity index (χ0n) is 3.66. The summed E-state index contributed by atoms with van der Waals surface area (Å²) in [5, 5.41) is 15.9. The summed E-state index contributed by atoms with van der Waals surface area (Å²) in [7, 11) is 0. The molecule has 7 heavy (non-hydrogen) atoms. The molecule has 0 saturated carbocycles. The molecule has 0 aromatic carbocycles. The Balaban J connectivity index is 3.34. The maximum absolute atomic E-state index is 9.65. The first kappa shape index (κ1) is 6.39. The predicted octanol–water partition coefficient (Wildman–Crippen LogP) is -1.61. The van der Waals surface area contributed by atoms with Crippen LogP contribution in [0.2, 0.25) is 0 Å². The van der Waals surface area contributed by atoms with Crippen LogP contribution in [0.25, 0.3) is 0 Å². The SMILES string of the molecule is N[13C@H]([13CH2]O)C(=O)O. The number of aliphatic hydroxyl groups excluding tert-OH is 1. The second kappa shape index (κ2) is 2.54. The highest BCUT2D eigenvalue weighted by atomic mass is 16.4. The Morgan fingerprint density at radius 2 is 2.29 bits per heavy atom. The average molecular weight is 107 g/mol. The van der Waals surface area contributed by atoms with Crippen LogP contribution in [0.5, 0.6) is 0 Å². The zero-order chi connectivity index (χ0) is 5.86. The summed E-state index contributed by atoms with van der Waals surface area (Å²) in [6.45, 7) is -0.505. The molecule has 0 heterocycles. The van der Waals surface area contributed by atoms with Gasteiger partial charge in [0.15, 0.2) is 0 Å². The topological polar surface area (TPSA) is 83.5 Å². The summed E-state index contributed by atoms with van der Waals surface area (Å²) in [6, 6.07) is -1.13. The normalized spacial score (nSPS) is 13.4. The molecular weight excluding hydrogens is 100 g/mol. The van der Waals surface area contributed by atoms with Crippen molar-refractivity contribution in [3.8, 4) is 0 Å². The molecule has 0 radical (unpaired) electrons. The van der Waals surface area contributed by atoms with E-state index in [9.17, 15) is 4.79 Å². The molecule has 0 aliphatic carbocycles. The Hall–Kier alpha value is -0.610. The van der Waals surface area contributed by atoms with E-state index in [1.807, 2.05) is 0 Å². The fourth-order valence-electron chi connectivity index (χ4n) is 0.0781. The molecule has 0 aliphatic rings. The van der Waals surface area contributed by atoms with Gasteiger partial charge in [0.05, 0.1) is 6.61 Å². The Labute approximate surface area is 40.6 Å². The van der Waals surface area contributed by atoms with Gasteiger partial charge in [-0.05, 0) is 0 Å². The average Bonchev–Trinajstić information content (AvgIpc) is 1.65. The van der Waals surface area contributed by atoms with Crippen LogP contribution in [0.3, 0.4) is 0 Å². The van der Waals surface area contributed by atoms with E-state index in [1.165, 1.54) is 0 Å². The fraction of sp³-hybridized carbons (Fsp3) is 0.667. The van der Waals surface area contributed by atoms with Gasteiger partial charge in [0.1, 0.15) is 6.04 Å². The van der Waals surface area contributed by atoms with E-state index >= 15 is 0 Å². The minimum atomic E-state index is -1.18. The van der Waals surface area contributed by atoms with Gasteiger partial charge in [-0.15, -0.1) is 0 Å². The van der Waals surface area contributed by atoms with Gasteiger partial charge in [0.2, 0.25) is 0 Å². The molecule has 0 aromatic heterocycles. The number of carbonyl (C=O) groups is 1. The van der Waals surface area contributed by atoms with Crippen molar-refractivity contribution in [2.24, 2.45) is 5.73 Å². The molecule has 0 aromatic rings. The van der Waals surface area contributed by atoms with Crippen molar-refractivity contribution in [1.82, 2.24) is 0 Å². The molecule has 0 aliphatic heterocycles. The highest BCUT2D eigenvalue weighted by Gasteiger charge is 2.06. The van der Waals surface area contributed by atoms with Crippen molar-refractivity contribution in [2.75, 3.05) is 6.61 Å². The maximum atomic E-state index is 9.65. The Morgan fingerprint density at radius 1 is 1.86 bits per heavy atom. The first-order valence-corrected chi connectivity index (χ1v) is 1.77. The van der Waals surface area contributed by atoms with E-state index in [0.29, 0.717) is 0 Å². The minimum absolute atomic E-state index is 0.505. The van der Waals surface area contributed by atoms with Gasteiger partial charge >= 0.3 is 5.97 Å². The number of rotatable bonds is 2. The van der Waals surface area contributed by atoms with E-state index in [-0.39, 0.29) is 0 Å². The van der Waals surface area contributed by atoms with Crippen molar-refractivity contribution in [2.45, 2.75) is 6.04 Å². The van der Waals surface area contributed by atoms with E-state index < -0.39 is 18.6 Å². The van der Waals surface area contributed by atoms with Crippen molar-refractivity contribution in [1.29, 1.82) is 0 Å². The predicted molar refractivity (Wildman–Crippen MR) is 22.7 cm³/mol. The van der Waals surface area contributed by atoms with Crippen LogP contribution in [0.15, 0.2) is 0 Å². The lowest BCUT2D eigenvalue weighted by Crippen LogP contribution is -2.33. The standard InChI is InChI=1S/C3H7NO3/c4-2(1-5)3(6)7/h2,5H,1,4H2,(H,6,7)/t2-/m1/s1/i1+1,2+1. The first-order chi connectivity index (χ1) is 3.18. The van der Waals surface area contributed by atoms with Gasteiger partial charge in [-0.2, -0.15) is 0 Å². The van der Waals surface area contributed by atoms with E-state index in [0.717, 1.165) is 0 Å². The number of nitrogens with two attached hydrogens (primary N) is 1. The van der Waals surface area contributed by atoms with Gasteiger partial charge in [0, 0.05) is 0 Å². The molecule has 0 rings (SSSR count). The molecular formula is C3H7NO3. The molecule has 0 spiro atoms. The highest BCUT2D eigenvalue weighted by Crippen LogP contribution is 1.71. The largest absolute Gasteiger partial charge is 0.480 e. The smallest absolute Gasteiger partial charge is 0.322 e. The number of carboxylic acids is 1. The zero-order valence-corrected chi connectivity index (χ0v) is 3.66. The van der Waals surface area contributed by atoms with E-state index in [2.05, 4.69) is 0 Å². The molecule has 0 fully saturated rings. The third kappa shape index (κ3) is 2.13. The van der Waals surface area contributed by atoms with Crippen LogP contribution in [0.1, 0.15) is 0 Å². The van der Waals surface area contributed by atoms with Crippen LogP contribution in [0.4, 0.5) is 0 Å². The molecule has 0 amide bonds. The summed E-state index contributed by atoms with van der Waals surface area (Å²) in [5.41, 5.74) is 4.77. The maximum Gasteiger partial charge on any atom is 0.322 e. The third-order valence-corrected chi connectivity index (χ3v) is 0.514. The molecule has 42 valence electrons. The van der Waals surface area contributed by atoms with Gasteiger partial charge in [-0.25, -0.2) is 0 Å². The molecule has 4 N–H and O–H groups in total. The second-order valence-corrected chi connectivity index (χ2v) is 1.13. The molecule has 4 nitrogen and oxygen atoms in total. The van der Waals surface area contributed by atoms with Crippen molar-refractivity contribution >= 4 is 5.97 Å². The lowest BCUT2D eigenvalue weighted by atomic mass is 10.9. The number of aliphatic hydroxyl groups is 1.